The predicted octanol–water partition coefficient (Wildman–Crippen LogP) is 1.85. The Morgan fingerprint density at radius 3 is 2.58 bits per heavy atom. The minimum Gasteiger partial charge on any atom is -0.431 e. The van der Waals surface area contributed by atoms with E-state index in [0.29, 0.717) is 5.69 Å². The van der Waals surface area contributed by atoms with E-state index in [-0.39, 0.29) is 17.3 Å². The largest absolute Gasteiger partial charge is 0.431 e. The Bertz CT molecular complexity index is 711. The lowest BCUT2D eigenvalue weighted by molar-refractivity contribution is 0.569. The number of anilines is 1. The van der Waals surface area contributed by atoms with Crippen molar-refractivity contribution in [2.24, 2.45) is 0 Å². The zero-order valence-electron chi connectivity index (χ0n) is 10.1. The smallest absolute Gasteiger partial charge is 0.309 e. The van der Waals surface area contributed by atoms with Crippen molar-refractivity contribution in [2.75, 3.05) is 4.72 Å². The van der Waals surface area contributed by atoms with E-state index in [9.17, 15) is 8.42 Å². The summed E-state index contributed by atoms with van der Waals surface area (Å²) in [4.78, 5) is 3.96. The minimum atomic E-state index is -3.72. The Morgan fingerprint density at radius 2 is 2.05 bits per heavy atom. The average molecular weight is 277 g/mol. The van der Waals surface area contributed by atoms with Crippen LogP contribution < -0.4 is 4.72 Å². The van der Waals surface area contributed by atoms with Crippen LogP contribution in [-0.2, 0) is 16.4 Å². The minimum absolute atomic E-state index is 0.0707. The third-order valence-electron chi connectivity index (χ3n) is 2.36. The van der Waals surface area contributed by atoms with Crippen molar-refractivity contribution in [2.45, 2.75) is 18.2 Å². The van der Waals surface area contributed by atoms with Gasteiger partial charge in [-0.05, 0) is 24.6 Å². The molecule has 6 nitrogen and oxygen atoms in total. The molecule has 1 N–H and O–H groups in total. The van der Waals surface area contributed by atoms with Crippen molar-refractivity contribution >= 4 is 16.0 Å². The summed E-state index contributed by atoms with van der Waals surface area (Å²) >= 11 is 0. The Kier molecular flexibility index (Phi) is 3.53. The number of nitrogens with one attached hydrogen (secondary N) is 1. The molecule has 1 aromatic carbocycles. The first-order chi connectivity index (χ1) is 9.01. The van der Waals surface area contributed by atoms with Gasteiger partial charge in [0.25, 0.3) is 10.0 Å². The maximum atomic E-state index is 12.0. The summed E-state index contributed by atoms with van der Waals surface area (Å²) in [6.45, 7) is 1.69. The van der Waals surface area contributed by atoms with Crippen molar-refractivity contribution in [1.29, 1.82) is 5.26 Å². The van der Waals surface area contributed by atoms with Crippen LogP contribution in [0.5, 0.6) is 0 Å². The van der Waals surface area contributed by atoms with E-state index >= 15 is 0 Å². The number of rotatable bonds is 4. The molecule has 0 bridgehead atoms. The molecular formula is C12H11N3O3S. The van der Waals surface area contributed by atoms with Gasteiger partial charge in [-0.15, -0.1) is 0 Å². The van der Waals surface area contributed by atoms with Gasteiger partial charge in [-0.3, -0.25) is 0 Å². The van der Waals surface area contributed by atoms with Crippen LogP contribution in [0.1, 0.15) is 11.3 Å². The monoisotopic (exact) mass is 277 g/mol. The fraction of sp³-hybridized carbons (Fsp3) is 0.167. The molecule has 0 saturated carbocycles. The standard InChI is InChI=1S/C12H11N3O3S/c1-9-8-18-12(14-9)15-19(16,17)11-4-2-10(3-5-11)6-7-13/h2-5,8H,6H2,1H3,(H,14,15). The fourth-order valence-corrected chi connectivity index (χ4v) is 2.39. The second kappa shape index (κ2) is 5.12. The van der Waals surface area contributed by atoms with E-state index in [1.165, 1.54) is 18.4 Å². The molecule has 0 amide bonds. The van der Waals surface area contributed by atoms with Crippen LogP contribution >= 0.6 is 0 Å². The van der Waals surface area contributed by atoms with Gasteiger partial charge in [0, 0.05) is 0 Å². The molecule has 0 spiro atoms. The van der Waals surface area contributed by atoms with E-state index in [1.807, 2.05) is 6.07 Å². The molecule has 19 heavy (non-hydrogen) atoms. The van der Waals surface area contributed by atoms with Gasteiger partial charge in [0.15, 0.2) is 0 Å². The average Bonchev–Trinajstić information content (AvgIpc) is 2.75. The van der Waals surface area contributed by atoms with E-state index in [0.717, 1.165) is 5.56 Å². The number of aryl methyl sites for hydroxylation is 1. The molecule has 0 aliphatic carbocycles. The Hall–Kier alpha value is -2.33. The maximum Gasteiger partial charge on any atom is 0.309 e. The summed E-state index contributed by atoms with van der Waals surface area (Å²) < 4.78 is 31.2. The molecule has 0 unspecified atom stereocenters. The van der Waals surface area contributed by atoms with Crippen LogP contribution in [0.25, 0.3) is 0 Å². The fourth-order valence-electron chi connectivity index (χ4n) is 1.45. The van der Waals surface area contributed by atoms with Crippen LogP contribution in [0.2, 0.25) is 0 Å². The second-order valence-corrected chi connectivity index (χ2v) is 5.56. The molecule has 0 aliphatic rings. The summed E-state index contributed by atoms with van der Waals surface area (Å²) in [6.07, 6.45) is 1.60. The Morgan fingerprint density at radius 1 is 1.37 bits per heavy atom. The molecule has 1 heterocycles. The van der Waals surface area contributed by atoms with Gasteiger partial charge in [-0.1, -0.05) is 12.1 Å². The third-order valence-corrected chi connectivity index (χ3v) is 3.69. The van der Waals surface area contributed by atoms with Gasteiger partial charge in [0.2, 0.25) is 0 Å². The van der Waals surface area contributed by atoms with E-state index in [1.54, 1.807) is 19.1 Å². The topological polar surface area (TPSA) is 96.0 Å². The van der Waals surface area contributed by atoms with Crippen molar-refractivity contribution in [1.82, 2.24) is 4.98 Å². The van der Waals surface area contributed by atoms with Crippen molar-refractivity contribution in [3.05, 3.63) is 41.8 Å². The van der Waals surface area contributed by atoms with E-state index in [4.69, 9.17) is 9.68 Å². The molecule has 0 saturated heterocycles. The number of benzene rings is 1. The zero-order valence-corrected chi connectivity index (χ0v) is 10.9. The number of oxazole rings is 1. The lowest BCUT2D eigenvalue weighted by Crippen LogP contribution is -2.13. The molecule has 0 aliphatic heterocycles. The Balaban J connectivity index is 2.22. The van der Waals surface area contributed by atoms with Gasteiger partial charge in [-0.25, -0.2) is 13.1 Å². The number of nitrogens with zero attached hydrogens (tertiary/aromatic N) is 2. The highest BCUT2D eigenvalue weighted by molar-refractivity contribution is 7.92. The molecule has 2 aromatic rings. The van der Waals surface area contributed by atoms with Crippen molar-refractivity contribution in [3.8, 4) is 6.07 Å². The molecule has 0 fully saturated rings. The zero-order chi connectivity index (χ0) is 13.9. The highest BCUT2D eigenvalue weighted by atomic mass is 32.2. The molecule has 98 valence electrons. The highest BCUT2D eigenvalue weighted by Gasteiger charge is 2.16. The van der Waals surface area contributed by atoms with Gasteiger partial charge in [-0.2, -0.15) is 10.2 Å². The first-order valence-electron chi connectivity index (χ1n) is 5.42. The molecular weight excluding hydrogens is 266 g/mol. The van der Waals surface area contributed by atoms with E-state index < -0.39 is 10.0 Å². The Labute approximate surface area is 110 Å². The van der Waals surface area contributed by atoms with Crippen LogP contribution in [0, 0.1) is 18.3 Å². The summed E-state index contributed by atoms with van der Waals surface area (Å²) in [5.74, 6) is 0. The van der Waals surface area contributed by atoms with Gasteiger partial charge < -0.3 is 4.42 Å². The number of hydrogen-bond donors (Lipinski definition) is 1. The third kappa shape index (κ3) is 3.11. The van der Waals surface area contributed by atoms with Crippen LogP contribution in [0.3, 0.4) is 0 Å². The van der Waals surface area contributed by atoms with Crippen LogP contribution in [0.4, 0.5) is 6.01 Å². The predicted molar refractivity (Wildman–Crippen MR) is 67.8 cm³/mol. The molecule has 7 heteroatoms. The van der Waals surface area contributed by atoms with Gasteiger partial charge in [0.05, 0.1) is 23.1 Å². The van der Waals surface area contributed by atoms with Crippen molar-refractivity contribution in [3.63, 3.8) is 0 Å². The lowest BCUT2D eigenvalue weighted by atomic mass is 10.2. The van der Waals surface area contributed by atoms with Crippen LogP contribution in [-0.4, -0.2) is 13.4 Å². The summed E-state index contributed by atoms with van der Waals surface area (Å²) in [7, 11) is -3.72. The molecule has 0 radical (unpaired) electrons. The number of sulfonamides is 1. The summed E-state index contributed by atoms with van der Waals surface area (Å²) in [5.41, 5.74) is 1.34. The lowest BCUT2D eigenvalue weighted by Gasteiger charge is -2.04. The molecule has 2 rings (SSSR count). The number of aromatic nitrogens is 1. The second-order valence-electron chi connectivity index (χ2n) is 3.88. The van der Waals surface area contributed by atoms with Crippen molar-refractivity contribution < 1.29 is 12.8 Å². The molecule has 0 atom stereocenters. The van der Waals surface area contributed by atoms with E-state index in [2.05, 4.69) is 9.71 Å². The molecule has 1 aromatic heterocycles. The highest BCUT2D eigenvalue weighted by Crippen LogP contribution is 2.16. The SMILES string of the molecule is Cc1coc(NS(=O)(=O)c2ccc(CC#N)cc2)n1. The van der Waals surface area contributed by atoms with Gasteiger partial charge in [0.1, 0.15) is 6.26 Å². The maximum absolute atomic E-state index is 12.0. The summed E-state index contributed by atoms with van der Waals surface area (Å²) in [6, 6.07) is 7.99. The summed E-state index contributed by atoms with van der Waals surface area (Å²) in [5, 5.41) is 8.54. The normalized spacial score (nSPS) is 10.9. The number of hydrogen-bond acceptors (Lipinski definition) is 5. The number of nitriles is 1. The first kappa shape index (κ1) is 13.1. The quantitative estimate of drug-likeness (QED) is 0.920. The first-order valence-corrected chi connectivity index (χ1v) is 6.90. The van der Waals surface area contributed by atoms with Gasteiger partial charge >= 0.3 is 6.01 Å². The van der Waals surface area contributed by atoms with Crippen LogP contribution in [0.15, 0.2) is 39.8 Å².